The molecule has 0 saturated heterocycles. The van der Waals surface area contributed by atoms with Crippen LogP contribution in [0.1, 0.15) is 0 Å². The molecule has 8 heteroatoms. The van der Waals surface area contributed by atoms with Gasteiger partial charge in [-0.15, -0.1) is 0 Å². The van der Waals surface area contributed by atoms with E-state index in [1.54, 1.807) is 7.05 Å². The molecule has 0 radical (unpaired) electrons. The molecule has 0 unspecified atom stereocenters. The second-order valence-corrected chi connectivity index (χ2v) is 2.89. The molecule has 16 heavy (non-hydrogen) atoms. The van der Waals surface area contributed by atoms with Crippen molar-refractivity contribution in [2.45, 2.75) is 0 Å². The van der Waals surface area contributed by atoms with Crippen molar-refractivity contribution in [3.8, 4) is 5.82 Å². The maximum absolute atomic E-state index is 10.8. The van der Waals surface area contributed by atoms with Crippen molar-refractivity contribution in [1.82, 2.24) is 19.7 Å². The van der Waals surface area contributed by atoms with Gasteiger partial charge in [-0.2, -0.15) is 9.78 Å². The largest absolute Gasteiger partial charge is 0.373 e. The third-order valence-electron chi connectivity index (χ3n) is 1.94. The van der Waals surface area contributed by atoms with Crippen molar-refractivity contribution in [2.24, 2.45) is 0 Å². The van der Waals surface area contributed by atoms with Gasteiger partial charge >= 0.3 is 5.69 Å². The van der Waals surface area contributed by atoms with Gasteiger partial charge in [0.05, 0.1) is 4.92 Å². The fraction of sp³-hybridized carbons (Fsp3) is 0.125. The lowest BCUT2D eigenvalue weighted by molar-refractivity contribution is -0.384. The first-order valence-electron chi connectivity index (χ1n) is 4.40. The second-order valence-electron chi connectivity index (χ2n) is 2.89. The Morgan fingerprint density at radius 3 is 2.88 bits per heavy atom. The smallest absolute Gasteiger partial charge is 0.313 e. The summed E-state index contributed by atoms with van der Waals surface area (Å²) in [7, 11) is 1.68. The van der Waals surface area contributed by atoms with Crippen molar-refractivity contribution in [3.63, 3.8) is 0 Å². The summed E-state index contributed by atoms with van der Waals surface area (Å²) in [5, 5.41) is 17.4. The van der Waals surface area contributed by atoms with Gasteiger partial charge in [0, 0.05) is 13.1 Å². The Morgan fingerprint density at radius 1 is 1.50 bits per heavy atom. The molecule has 2 aromatic heterocycles. The minimum Gasteiger partial charge on any atom is -0.373 e. The first kappa shape index (κ1) is 10.0. The summed E-state index contributed by atoms with van der Waals surface area (Å²) in [6, 6.07) is 2.90. The monoisotopic (exact) mass is 220 g/mol. The Bertz CT molecular complexity index is 509. The summed E-state index contributed by atoms with van der Waals surface area (Å²) < 4.78 is 1.25. The Kier molecular flexibility index (Phi) is 2.46. The number of rotatable bonds is 3. The average Bonchev–Trinajstić information content (AvgIpc) is 2.81. The predicted octanol–water partition coefficient (Wildman–Crippen LogP) is 0.612. The fourth-order valence-electron chi connectivity index (χ4n) is 1.21. The molecular weight excluding hydrogens is 212 g/mol. The number of hydrogen-bond acceptors (Lipinski definition) is 6. The molecule has 0 saturated carbocycles. The molecule has 0 amide bonds. The molecule has 0 fully saturated rings. The summed E-state index contributed by atoms with van der Waals surface area (Å²) >= 11 is 0. The van der Waals surface area contributed by atoms with Crippen molar-refractivity contribution in [2.75, 3.05) is 12.4 Å². The minimum atomic E-state index is -0.510. The van der Waals surface area contributed by atoms with Gasteiger partial charge in [-0.1, -0.05) is 0 Å². The molecule has 0 aromatic carbocycles. The molecule has 2 rings (SSSR count). The molecule has 0 aliphatic rings. The van der Waals surface area contributed by atoms with Gasteiger partial charge in [0.2, 0.25) is 5.82 Å². The van der Waals surface area contributed by atoms with Gasteiger partial charge in [0.1, 0.15) is 18.5 Å². The number of nitrogens with zero attached hydrogens (tertiary/aromatic N) is 5. The topological polar surface area (TPSA) is 98.8 Å². The highest BCUT2D eigenvalue weighted by Crippen LogP contribution is 2.21. The third kappa shape index (κ3) is 1.67. The summed E-state index contributed by atoms with van der Waals surface area (Å²) in [5.74, 6) is 0.658. The number of hydrogen-bond donors (Lipinski definition) is 1. The Balaban J connectivity index is 2.59. The van der Waals surface area contributed by atoms with Gasteiger partial charge in [-0.25, -0.2) is 9.97 Å². The van der Waals surface area contributed by atoms with Crippen LogP contribution < -0.4 is 5.32 Å². The number of nitrogens with one attached hydrogen (secondary N) is 1. The van der Waals surface area contributed by atoms with Crippen molar-refractivity contribution in [1.29, 1.82) is 0 Å². The van der Waals surface area contributed by atoms with E-state index < -0.39 is 4.92 Å². The molecule has 0 aliphatic carbocycles. The van der Waals surface area contributed by atoms with Gasteiger partial charge < -0.3 is 5.32 Å². The van der Waals surface area contributed by atoms with E-state index in [0.29, 0.717) is 5.82 Å². The van der Waals surface area contributed by atoms with E-state index >= 15 is 0 Å². The zero-order chi connectivity index (χ0) is 11.5. The van der Waals surface area contributed by atoms with Crippen molar-refractivity contribution >= 4 is 11.5 Å². The Morgan fingerprint density at radius 2 is 2.31 bits per heavy atom. The van der Waals surface area contributed by atoms with Gasteiger partial charge in [-0.05, 0) is 6.07 Å². The van der Waals surface area contributed by atoms with E-state index in [0.717, 1.165) is 0 Å². The summed E-state index contributed by atoms with van der Waals surface area (Å²) in [6.07, 6.45) is 2.65. The number of anilines is 1. The second kappa shape index (κ2) is 3.93. The number of aromatic nitrogens is 4. The first-order chi connectivity index (χ1) is 7.72. The van der Waals surface area contributed by atoms with Crippen LogP contribution in [0.3, 0.4) is 0 Å². The van der Waals surface area contributed by atoms with Crippen LogP contribution >= 0.6 is 0 Å². The van der Waals surface area contributed by atoms with Crippen molar-refractivity contribution < 1.29 is 4.92 Å². The van der Waals surface area contributed by atoms with Crippen LogP contribution in [-0.2, 0) is 0 Å². The molecule has 0 atom stereocenters. The van der Waals surface area contributed by atoms with Crippen molar-refractivity contribution in [3.05, 3.63) is 34.9 Å². The number of pyridine rings is 1. The SMILES string of the molecule is CNc1ccc([N+](=O)[O-])c(-n2cncn2)n1. The highest BCUT2D eigenvalue weighted by molar-refractivity contribution is 5.52. The van der Waals surface area contributed by atoms with E-state index in [2.05, 4.69) is 20.4 Å². The predicted molar refractivity (Wildman–Crippen MR) is 55.4 cm³/mol. The van der Waals surface area contributed by atoms with Crippen LogP contribution in [0.2, 0.25) is 0 Å². The van der Waals surface area contributed by atoms with Crippen LogP contribution in [-0.4, -0.2) is 31.7 Å². The molecule has 0 aliphatic heterocycles. The maximum atomic E-state index is 10.8. The zero-order valence-corrected chi connectivity index (χ0v) is 8.36. The Labute approximate surface area is 90.1 Å². The third-order valence-corrected chi connectivity index (χ3v) is 1.94. The highest BCUT2D eigenvalue weighted by Gasteiger charge is 2.17. The van der Waals surface area contributed by atoms with E-state index in [9.17, 15) is 10.1 Å². The molecule has 2 aromatic rings. The van der Waals surface area contributed by atoms with Gasteiger partial charge in [0.15, 0.2) is 0 Å². The van der Waals surface area contributed by atoms with E-state index in [-0.39, 0.29) is 11.5 Å². The minimum absolute atomic E-state index is 0.121. The van der Waals surface area contributed by atoms with E-state index in [1.807, 2.05) is 0 Å². The van der Waals surface area contributed by atoms with E-state index in [4.69, 9.17) is 0 Å². The highest BCUT2D eigenvalue weighted by atomic mass is 16.6. The summed E-state index contributed by atoms with van der Waals surface area (Å²) in [6.45, 7) is 0. The lowest BCUT2D eigenvalue weighted by Crippen LogP contribution is -2.05. The van der Waals surface area contributed by atoms with E-state index in [1.165, 1.54) is 29.5 Å². The first-order valence-corrected chi connectivity index (χ1v) is 4.40. The standard InChI is InChI=1S/C8H8N6O2/c1-9-7-3-2-6(14(15)16)8(12-7)13-5-10-4-11-13/h2-5H,1H3,(H,9,12). The lowest BCUT2D eigenvalue weighted by Gasteiger charge is -2.03. The molecule has 2 heterocycles. The summed E-state index contributed by atoms with van der Waals surface area (Å²) in [5.41, 5.74) is -0.121. The molecular formula is C8H8N6O2. The maximum Gasteiger partial charge on any atom is 0.313 e. The molecule has 8 nitrogen and oxygen atoms in total. The Hall–Kier alpha value is -2.51. The summed E-state index contributed by atoms with van der Waals surface area (Å²) in [4.78, 5) is 18.1. The van der Waals surface area contributed by atoms with Crippen LogP contribution in [0.5, 0.6) is 0 Å². The van der Waals surface area contributed by atoms with Crippen LogP contribution in [0.15, 0.2) is 24.8 Å². The fourth-order valence-corrected chi connectivity index (χ4v) is 1.21. The van der Waals surface area contributed by atoms with Crippen LogP contribution in [0, 0.1) is 10.1 Å². The quantitative estimate of drug-likeness (QED) is 0.601. The molecule has 82 valence electrons. The van der Waals surface area contributed by atoms with Gasteiger partial charge in [-0.3, -0.25) is 10.1 Å². The average molecular weight is 220 g/mol. The van der Waals surface area contributed by atoms with Crippen LogP contribution in [0.25, 0.3) is 5.82 Å². The normalized spacial score (nSPS) is 10.1. The van der Waals surface area contributed by atoms with Crippen LogP contribution in [0.4, 0.5) is 11.5 Å². The zero-order valence-electron chi connectivity index (χ0n) is 8.36. The lowest BCUT2D eigenvalue weighted by atomic mass is 10.4. The molecule has 1 N–H and O–H groups in total. The van der Waals surface area contributed by atoms with Gasteiger partial charge in [0.25, 0.3) is 0 Å². The number of nitro groups is 1. The molecule has 0 spiro atoms. The molecule has 0 bridgehead atoms.